The van der Waals surface area contributed by atoms with E-state index >= 15 is 0 Å². The number of para-hydroxylation sites is 2. The number of hydrogen-bond donors (Lipinski definition) is 0. The minimum absolute atomic E-state index is 0.847. The maximum Gasteiger partial charge on any atom is 0.169 e. The van der Waals surface area contributed by atoms with Gasteiger partial charge in [0.05, 0.1) is 0 Å². The molecule has 0 atom stereocenters. The predicted octanol–water partition coefficient (Wildman–Crippen LogP) is 5.33. The van der Waals surface area contributed by atoms with Crippen molar-refractivity contribution >= 4 is 33.7 Å². The molecule has 3 heteroatoms. The number of furan rings is 2. The first-order valence-corrected chi connectivity index (χ1v) is 6.85. The second-order valence-electron chi connectivity index (χ2n) is 4.31. The van der Waals surface area contributed by atoms with Crippen molar-refractivity contribution in [2.75, 3.05) is 0 Å². The molecule has 2 aromatic heterocycles. The molecule has 0 unspecified atom stereocenters. The SMILES string of the molecule is c1ccc2oc(Sc3cc4ccccc4o3)cc2c1. The molecule has 0 spiro atoms. The van der Waals surface area contributed by atoms with Gasteiger partial charge in [0.2, 0.25) is 0 Å². The van der Waals surface area contributed by atoms with Crippen LogP contribution < -0.4 is 0 Å². The van der Waals surface area contributed by atoms with Gasteiger partial charge in [0.15, 0.2) is 10.2 Å². The molecule has 0 N–H and O–H groups in total. The van der Waals surface area contributed by atoms with Crippen molar-refractivity contribution < 1.29 is 8.83 Å². The van der Waals surface area contributed by atoms with E-state index < -0.39 is 0 Å². The molecule has 0 bridgehead atoms. The zero-order valence-electron chi connectivity index (χ0n) is 10.00. The highest BCUT2D eigenvalue weighted by Crippen LogP contribution is 2.35. The Balaban J connectivity index is 1.73. The average Bonchev–Trinajstić information content (AvgIpc) is 3.00. The van der Waals surface area contributed by atoms with Crippen LogP contribution in [0, 0.1) is 0 Å². The molecule has 4 aromatic rings. The lowest BCUT2D eigenvalue weighted by Crippen LogP contribution is -1.60. The topological polar surface area (TPSA) is 26.3 Å². The summed E-state index contributed by atoms with van der Waals surface area (Å²) in [6, 6.07) is 20.1. The molecular weight excluding hydrogens is 256 g/mol. The highest BCUT2D eigenvalue weighted by molar-refractivity contribution is 7.99. The Labute approximate surface area is 114 Å². The Bertz CT molecular complexity index is 719. The highest BCUT2D eigenvalue weighted by atomic mass is 32.2. The third-order valence-electron chi connectivity index (χ3n) is 3.01. The van der Waals surface area contributed by atoms with Gasteiger partial charge in [0, 0.05) is 10.8 Å². The van der Waals surface area contributed by atoms with Crippen molar-refractivity contribution in [1.29, 1.82) is 0 Å². The van der Waals surface area contributed by atoms with Crippen LogP contribution in [0.5, 0.6) is 0 Å². The zero-order valence-corrected chi connectivity index (χ0v) is 10.8. The molecule has 2 aromatic carbocycles. The van der Waals surface area contributed by atoms with Crippen LogP contribution in [0.4, 0.5) is 0 Å². The summed E-state index contributed by atoms with van der Waals surface area (Å²) in [5, 5.41) is 3.92. The minimum atomic E-state index is 0.847. The van der Waals surface area contributed by atoms with Crippen LogP contribution in [-0.4, -0.2) is 0 Å². The standard InChI is InChI=1S/C16H10O2S/c1-3-7-13-11(5-1)9-15(17-13)19-16-10-12-6-2-4-8-14(12)18-16/h1-10H. The van der Waals surface area contributed by atoms with Gasteiger partial charge in [-0.3, -0.25) is 0 Å². The van der Waals surface area contributed by atoms with Gasteiger partial charge in [-0.1, -0.05) is 36.4 Å². The Morgan fingerprint density at radius 2 is 1.11 bits per heavy atom. The fourth-order valence-corrected chi connectivity index (χ4v) is 2.95. The van der Waals surface area contributed by atoms with Crippen LogP contribution in [0.15, 0.2) is 79.7 Å². The molecule has 0 aliphatic carbocycles. The molecule has 0 amide bonds. The van der Waals surface area contributed by atoms with Crippen molar-refractivity contribution in [3.05, 3.63) is 60.7 Å². The second kappa shape index (κ2) is 4.21. The molecule has 0 radical (unpaired) electrons. The van der Waals surface area contributed by atoms with Gasteiger partial charge < -0.3 is 8.83 Å². The monoisotopic (exact) mass is 266 g/mol. The van der Waals surface area contributed by atoms with Crippen molar-refractivity contribution in [2.24, 2.45) is 0 Å². The van der Waals surface area contributed by atoms with Crippen LogP contribution in [0.25, 0.3) is 21.9 Å². The summed E-state index contributed by atoms with van der Waals surface area (Å²) in [5.74, 6) is 0. The third-order valence-corrected chi connectivity index (χ3v) is 3.81. The smallest absolute Gasteiger partial charge is 0.169 e. The molecule has 0 saturated carbocycles. The summed E-state index contributed by atoms with van der Waals surface area (Å²) < 4.78 is 11.5. The fourth-order valence-electron chi connectivity index (χ4n) is 2.11. The van der Waals surface area contributed by atoms with E-state index in [1.54, 1.807) is 0 Å². The number of rotatable bonds is 2. The van der Waals surface area contributed by atoms with Crippen LogP contribution in [0.2, 0.25) is 0 Å². The molecule has 0 aliphatic rings. The number of fused-ring (bicyclic) bond motifs is 2. The maximum atomic E-state index is 5.77. The second-order valence-corrected chi connectivity index (χ2v) is 5.32. The Morgan fingerprint density at radius 1 is 0.632 bits per heavy atom. The van der Waals surface area contributed by atoms with Crippen LogP contribution in [-0.2, 0) is 0 Å². The first-order valence-electron chi connectivity index (χ1n) is 6.03. The summed E-state index contributed by atoms with van der Waals surface area (Å²) in [6.45, 7) is 0. The summed E-state index contributed by atoms with van der Waals surface area (Å²) in [4.78, 5) is 0. The zero-order chi connectivity index (χ0) is 12.7. The van der Waals surface area contributed by atoms with Gasteiger partial charge in [-0.05, 0) is 36.0 Å². The maximum absolute atomic E-state index is 5.77. The highest BCUT2D eigenvalue weighted by Gasteiger charge is 2.09. The quantitative estimate of drug-likeness (QED) is 0.490. The molecule has 0 saturated heterocycles. The van der Waals surface area contributed by atoms with E-state index in [1.165, 1.54) is 11.8 Å². The Morgan fingerprint density at radius 3 is 1.58 bits per heavy atom. The lowest BCUT2D eigenvalue weighted by molar-refractivity contribution is 0.493. The average molecular weight is 266 g/mol. The molecule has 4 rings (SSSR count). The van der Waals surface area contributed by atoms with Crippen molar-refractivity contribution in [3.63, 3.8) is 0 Å². The lowest BCUT2D eigenvalue weighted by atomic mass is 10.3. The molecular formula is C16H10O2S. The molecule has 2 heterocycles. The molecule has 0 aliphatic heterocycles. The predicted molar refractivity (Wildman–Crippen MR) is 76.6 cm³/mol. The minimum Gasteiger partial charge on any atom is -0.449 e. The number of hydrogen-bond acceptors (Lipinski definition) is 3. The van der Waals surface area contributed by atoms with Gasteiger partial charge in [0.25, 0.3) is 0 Å². The van der Waals surface area contributed by atoms with E-state index in [0.717, 1.165) is 32.1 Å². The van der Waals surface area contributed by atoms with Crippen LogP contribution in [0.3, 0.4) is 0 Å². The van der Waals surface area contributed by atoms with E-state index in [1.807, 2.05) is 60.7 Å². The summed E-state index contributed by atoms with van der Waals surface area (Å²) in [5.41, 5.74) is 1.81. The van der Waals surface area contributed by atoms with E-state index in [4.69, 9.17) is 8.83 Å². The van der Waals surface area contributed by atoms with E-state index in [0.29, 0.717) is 0 Å². The van der Waals surface area contributed by atoms with Crippen molar-refractivity contribution in [1.82, 2.24) is 0 Å². The normalized spacial score (nSPS) is 11.4. The Kier molecular flexibility index (Phi) is 2.38. The van der Waals surface area contributed by atoms with Crippen molar-refractivity contribution in [3.8, 4) is 0 Å². The summed E-state index contributed by atoms with van der Waals surface area (Å²) in [6.07, 6.45) is 0. The Hall–Kier alpha value is -2.13. The molecule has 2 nitrogen and oxygen atoms in total. The molecule has 92 valence electrons. The van der Waals surface area contributed by atoms with Gasteiger partial charge in [-0.2, -0.15) is 0 Å². The van der Waals surface area contributed by atoms with E-state index in [-0.39, 0.29) is 0 Å². The summed E-state index contributed by atoms with van der Waals surface area (Å²) >= 11 is 1.51. The first kappa shape index (κ1) is 10.8. The van der Waals surface area contributed by atoms with Crippen molar-refractivity contribution in [2.45, 2.75) is 10.2 Å². The fraction of sp³-hybridized carbons (Fsp3) is 0. The van der Waals surface area contributed by atoms with E-state index in [9.17, 15) is 0 Å². The van der Waals surface area contributed by atoms with Crippen LogP contribution >= 0.6 is 11.8 Å². The van der Waals surface area contributed by atoms with Crippen LogP contribution in [0.1, 0.15) is 0 Å². The summed E-state index contributed by atoms with van der Waals surface area (Å²) in [7, 11) is 0. The lowest BCUT2D eigenvalue weighted by Gasteiger charge is -1.90. The number of benzene rings is 2. The first-order chi connectivity index (χ1) is 9.38. The third kappa shape index (κ3) is 1.92. The van der Waals surface area contributed by atoms with E-state index in [2.05, 4.69) is 0 Å². The molecule has 19 heavy (non-hydrogen) atoms. The van der Waals surface area contributed by atoms with Gasteiger partial charge in [0.1, 0.15) is 11.2 Å². The van der Waals surface area contributed by atoms with Gasteiger partial charge in [-0.25, -0.2) is 0 Å². The largest absolute Gasteiger partial charge is 0.449 e. The van der Waals surface area contributed by atoms with Gasteiger partial charge in [-0.15, -0.1) is 0 Å². The van der Waals surface area contributed by atoms with Gasteiger partial charge >= 0.3 is 0 Å². The molecule has 0 fully saturated rings.